The van der Waals surface area contributed by atoms with Crippen molar-refractivity contribution in [2.45, 2.75) is 38.1 Å². The molecule has 3 rings (SSSR count). The molecule has 1 aliphatic carbocycles. The van der Waals surface area contributed by atoms with Crippen molar-refractivity contribution in [3.8, 4) is 5.75 Å². The first-order valence-electron chi connectivity index (χ1n) is 9.51. The van der Waals surface area contributed by atoms with Gasteiger partial charge in [-0.1, -0.05) is 31.4 Å². The Morgan fingerprint density at radius 2 is 2.04 bits per heavy atom. The summed E-state index contributed by atoms with van der Waals surface area (Å²) in [5, 5.41) is 3.22. The topological polar surface area (TPSA) is 50.8 Å². The number of carbonyl (C=O) groups is 1. The van der Waals surface area contributed by atoms with Gasteiger partial charge in [0, 0.05) is 25.6 Å². The molecule has 1 atom stereocenters. The Hall–Kier alpha value is -1.59. The predicted molar refractivity (Wildman–Crippen MR) is 97.7 cm³/mol. The molecule has 1 amide bonds. The average molecular weight is 346 g/mol. The van der Waals surface area contributed by atoms with Crippen LogP contribution in [0, 0.1) is 5.92 Å². The summed E-state index contributed by atoms with van der Waals surface area (Å²) in [5.74, 6) is 1.28. The van der Waals surface area contributed by atoms with Gasteiger partial charge in [0.1, 0.15) is 5.75 Å². The largest absolute Gasteiger partial charge is 0.497 e. The number of hydrogen-bond donors (Lipinski definition) is 1. The summed E-state index contributed by atoms with van der Waals surface area (Å²) in [7, 11) is 1.69. The maximum Gasteiger partial charge on any atom is 0.223 e. The minimum atomic E-state index is 0.159. The first-order valence-corrected chi connectivity index (χ1v) is 9.51. The molecular weight excluding hydrogens is 316 g/mol. The van der Waals surface area contributed by atoms with Gasteiger partial charge in [0.25, 0.3) is 0 Å². The molecule has 5 nitrogen and oxygen atoms in total. The molecule has 1 aliphatic heterocycles. The van der Waals surface area contributed by atoms with Gasteiger partial charge in [0.15, 0.2) is 0 Å². The number of morpholine rings is 1. The van der Waals surface area contributed by atoms with Crippen molar-refractivity contribution >= 4 is 5.91 Å². The molecule has 138 valence electrons. The monoisotopic (exact) mass is 346 g/mol. The van der Waals surface area contributed by atoms with E-state index in [1.54, 1.807) is 7.11 Å². The predicted octanol–water partition coefficient (Wildman–Crippen LogP) is 2.77. The lowest BCUT2D eigenvalue weighted by Crippen LogP contribution is -2.44. The van der Waals surface area contributed by atoms with Gasteiger partial charge in [0.05, 0.1) is 26.4 Å². The van der Waals surface area contributed by atoms with Crippen LogP contribution in [0.25, 0.3) is 0 Å². The van der Waals surface area contributed by atoms with Crippen molar-refractivity contribution in [2.24, 2.45) is 5.92 Å². The van der Waals surface area contributed by atoms with Gasteiger partial charge in [-0.15, -0.1) is 0 Å². The van der Waals surface area contributed by atoms with E-state index < -0.39 is 0 Å². The van der Waals surface area contributed by atoms with E-state index in [1.165, 1.54) is 24.8 Å². The van der Waals surface area contributed by atoms with Gasteiger partial charge >= 0.3 is 0 Å². The first-order chi connectivity index (χ1) is 12.3. The number of benzene rings is 1. The molecule has 1 heterocycles. The molecule has 0 spiro atoms. The first kappa shape index (κ1) is 18.2. The number of carbonyl (C=O) groups excluding carboxylic acids is 1. The highest BCUT2D eigenvalue weighted by molar-refractivity contribution is 5.78. The molecule has 1 N–H and O–H groups in total. The van der Waals surface area contributed by atoms with Gasteiger partial charge in [-0.2, -0.15) is 0 Å². The Labute approximate surface area is 150 Å². The van der Waals surface area contributed by atoms with E-state index in [2.05, 4.69) is 22.3 Å². The maximum atomic E-state index is 12.6. The highest BCUT2D eigenvalue weighted by Crippen LogP contribution is 2.26. The third-order valence-corrected chi connectivity index (χ3v) is 5.41. The molecule has 1 aromatic carbocycles. The van der Waals surface area contributed by atoms with E-state index in [4.69, 9.17) is 9.47 Å². The van der Waals surface area contributed by atoms with Crippen LogP contribution in [0.2, 0.25) is 0 Å². The fourth-order valence-electron chi connectivity index (χ4n) is 3.90. The van der Waals surface area contributed by atoms with Crippen molar-refractivity contribution in [1.82, 2.24) is 10.2 Å². The maximum absolute atomic E-state index is 12.6. The second kappa shape index (κ2) is 9.20. The minimum Gasteiger partial charge on any atom is -0.497 e. The minimum absolute atomic E-state index is 0.159. The summed E-state index contributed by atoms with van der Waals surface area (Å²) in [5.41, 5.74) is 1.19. The molecule has 1 unspecified atom stereocenters. The number of ether oxygens (including phenoxy) is 2. The third kappa shape index (κ3) is 4.95. The number of methoxy groups -OCH3 is 1. The zero-order valence-corrected chi connectivity index (χ0v) is 15.2. The third-order valence-electron chi connectivity index (χ3n) is 5.41. The summed E-state index contributed by atoms with van der Waals surface area (Å²) >= 11 is 0. The molecule has 5 heteroatoms. The van der Waals surface area contributed by atoms with Crippen LogP contribution in [-0.2, 0) is 9.53 Å². The summed E-state index contributed by atoms with van der Waals surface area (Å²) in [6.07, 6.45) is 5.70. The Morgan fingerprint density at radius 3 is 2.76 bits per heavy atom. The van der Waals surface area contributed by atoms with Crippen LogP contribution in [0.5, 0.6) is 5.75 Å². The molecule has 1 saturated heterocycles. The summed E-state index contributed by atoms with van der Waals surface area (Å²) in [6.45, 7) is 3.92. The lowest BCUT2D eigenvalue weighted by Gasteiger charge is -2.35. The number of nitrogens with one attached hydrogen (secondary N) is 1. The Bertz CT molecular complexity index is 552. The Kier molecular flexibility index (Phi) is 6.70. The van der Waals surface area contributed by atoms with Crippen LogP contribution in [-0.4, -0.2) is 50.8 Å². The molecule has 25 heavy (non-hydrogen) atoms. The standard InChI is InChI=1S/C20H30N2O3/c1-24-18-9-5-8-17(14-18)19(22-10-12-25-13-11-22)15-21-20(23)16-6-3-2-4-7-16/h5,8-9,14,16,19H,2-4,6-7,10-13,15H2,1H3,(H,21,23). The average Bonchev–Trinajstić information content (AvgIpc) is 2.69. The number of hydrogen-bond acceptors (Lipinski definition) is 4. The zero-order valence-electron chi connectivity index (χ0n) is 15.2. The highest BCUT2D eigenvalue weighted by Gasteiger charge is 2.26. The second-order valence-electron chi connectivity index (χ2n) is 7.02. The van der Waals surface area contributed by atoms with Gasteiger partial charge < -0.3 is 14.8 Å². The summed E-state index contributed by atoms with van der Waals surface area (Å²) in [4.78, 5) is 15.0. The normalized spacial score (nSPS) is 20.8. The number of nitrogens with zero attached hydrogens (tertiary/aromatic N) is 1. The van der Waals surface area contributed by atoms with Crippen LogP contribution in [0.15, 0.2) is 24.3 Å². The van der Waals surface area contributed by atoms with E-state index >= 15 is 0 Å². The Morgan fingerprint density at radius 1 is 1.28 bits per heavy atom. The molecule has 0 bridgehead atoms. The van der Waals surface area contributed by atoms with Crippen LogP contribution >= 0.6 is 0 Å². The van der Waals surface area contributed by atoms with E-state index in [1.807, 2.05) is 12.1 Å². The van der Waals surface area contributed by atoms with Crippen molar-refractivity contribution < 1.29 is 14.3 Å². The molecule has 0 radical (unpaired) electrons. The fraction of sp³-hybridized carbons (Fsp3) is 0.650. The van der Waals surface area contributed by atoms with Gasteiger partial charge in [-0.3, -0.25) is 9.69 Å². The van der Waals surface area contributed by atoms with Crippen LogP contribution < -0.4 is 10.1 Å². The van der Waals surface area contributed by atoms with Crippen molar-refractivity contribution in [3.63, 3.8) is 0 Å². The molecule has 0 aromatic heterocycles. The molecular formula is C20H30N2O3. The quantitative estimate of drug-likeness (QED) is 0.860. The van der Waals surface area contributed by atoms with Gasteiger partial charge in [0.2, 0.25) is 5.91 Å². The van der Waals surface area contributed by atoms with Crippen molar-refractivity contribution in [1.29, 1.82) is 0 Å². The summed E-state index contributed by atoms with van der Waals surface area (Å²) in [6, 6.07) is 8.33. The molecule has 1 aromatic rings. The SMILES string of the molecule is COc1cccc(C(CNC(=O)C2CCCCC2)N2CCOCC2)c1. The lowest BCUT2D eigenvalue weighted by molar-refractivity contribution is -0.126. The fourth-order valence-corrected chi connectivity index (χ4v) is 3.90. The van der Waals surface area contributed by atoms with E-state index in [0.29, 0.717) is 6.54 Å². The highest BCUT2D eigenvalue weighted by atomic mass is 16.5. The lowest BCUT2D eigenvalue weighted by atomic mass is 9.88. The zero-order chi connectivity index (χ0) is 17.5. The molecule has 2 fully saturated rings. The summed E-state index contributed by atoms with van der Waals surface area (Å²) < 4.78 is 10.9. The van der Waals surface area contributed by atoms with Gasteiger partial charge in [-0.05, 0) is 30.5 Å². The Balaban J connectivity index is 1.68. The van der Waals surface area contributed by atoms with Crippen molar-refractivity contribution in [3.05, 3.63) is 29.8 Å². The number of rotatable bonds is 6. The molecule has 2 aliphatic rings. The molecule has 1 saturated carbocycles. The smallest absolute Gasteiger partial charge is 0.223 e. The van der Waals surface area contributed by atoms with Crippen LogP contribution in [0.4, 0.5) is 0 Å². The van der Waals surface area contributed by atoms with Crippen LogP contribution in [0.3, 0.4) is 0 Å². The van der Waals surface area contributed by atoms with E-state index in [9.17, 15) is 4.79 Å². The number of amides is 1. The van der Waals surface area contributed by atoms with Crippen molar-refractivity contribution in [2.75, 3.05) is 40.0 Å². The van der Waals surface area contributed by atoms with E-state index in [-0.39, 0.29) is 17.9 Å². The van der Waals surface area contributed by atoms with Gasteiger partial charge in [-0.25, -0.2) is 0 Å². The van der Waals surface area contributed by atoms with Crippen LogP contribution in [0.1, 0.15) is 43.7 Å². The second-order valence-corrected chi connectivity index (χ2v) is 7.02. The van der Waals surface area contributed by atoms with E-state index in [0.717, 1.165) is 44.9 Å².